The minimum Gasteiger partial charge on any atom is -0.462 e. The second-order valence-corrected chi connectivity index (χ2v) is 11.0. The normalized spacial score (nSPS) is 19.1. The highest BCUT2D eigenvalue weighted by molar-refractivity contribution is 7.89. The highest BCUT2D eigenvalue weighted by Gasteiger charge is 2.40. The van der Waals surface area contributed by atoms with Crippen LogP contribution in [0.3, 0.4) is 0 Å². The number of sulfonamides is 1. The number of carbonyl (C=O) groups excluding carboxylic acids is 2. The van der Waals surface area contributed by atoms with Crippen molar-refractivity contribution in [2.45, 2.75) is 51.5 Å². The Kier molecular flexibility index (Phi) is 6.87. The van der Waals surface area contributed by atoms with Crippen LogP contribution in [0, 0.1) is 19.8 Å². The van der Waals surface area contributed by atoms with E-state index in [1.165, 1.54) is 9.87 Å². The van der Waals surface area contributed by atoms with E-state index in [2.05, 4.69) is 6.07 Å². The van der Waals surface area contributed by atoms with Gasteiger partial charge in [-0.05, 0) is 51.2 Å². The van der Waals surface area contributed by atoms with Crippen LogP contribution in [0.4, 0.5) is 0 Å². The van der Waals surface area contributed by atoms with E-state index >= 15 is 0 Å². The molecule has 0 unspecified atom stereocenters. The third-order valence-electron chi connectivity index (χ3n) is 7.18. The summed E-state index contributed by atoms with van der Waals surface area (Å²) in [6, 6.07) is 8.13. The smallest absolute Gasteiger partial charge is 0.341 e. The van der Waals surface area contributed by atoms with Crippen molar-refractivity contribution >= 4 is 21.9 Å². The van der Waals surface area contributed by atoms with Crippen LogP contribution >= 0.6 is 0 Å². The summed E-state index contributed by atoms with van der Waals surface area (Å²) in [6.07, 6.45) is 2.06. The van der Waals surface area contributed by atoms with Crippen LogP contribution in [0.5, 0.6) is 0 Å². The fourth-order valence-corrected chi connectivity index (χ4v) is 7.11. The Morgan fingerprint density at radius 2 is 1.79 bits per heavy atom. The van der Waals surface area contributed by atoms with Gasteiger partial charge in [-0.25, -0.2) is 13.2 Å². The van der Waals surface area contributed by atoms with Crippen LogP contribution in [0.25, 0.3) is 0 Å². The molecule has 1 atom stereocenters. The zero-order valence-electron chi connectivity index (χ0n) is 20.3. The Labute approximate surface area is 201 Å². The van der Waals surface area contributed by atoms with Crippen LogP contribution in [-0.2, 0) is 39.6 Å². The summed E-state index contributed by atoms with van der Waals surface area (Å²) in [7, 11) is -2.25. The standard InChI is InChI=1S/C25H33N3O5S/c1-5-33-25(30)22-17(2)26(4)18(3)23(22)34(31,32)28-13-8-11-21(16-28)24(29)27-14-12-19-9-6-7-10-20(19)15-27/h6-7,9-10,21H,5,8,11-16H2,1-4H3/t21-/m0/s1. The monoisotopic (exact) mass is 487 g/mol. The molecular weight excluding hydrogens is 454 g/mol. The molecule has 0 spiro atoms. The zero-order valence-corrected chi connectivity index (χ0v) is 21.2. The fraction of sp³-hybridized carbons (Fsp3) is 0.520. The van der Waals surface area contributed by atoms with E-state index in [1.54, 1.807) is 32.4 Å². The van der Waals surface area contributed by atoms with E-state index in [-0.39, 0.29) is 29.5 Å². The molecule has 2 aromatic rings. The lowest BCUT2D eigenvalue weighted by atomic mass is 9.95. The van der Waals surface area contributed by atoms with Crippen LogP contribution in [0.15, 0.2) is 29.2 Å². The van der Waals surface area contributed by atoms with Crippen molar-refractivity contribution in [3.63, 3.8) is 0 Å². The number of fused-ring (bicyclic) bond motifs is 1. The van der Waals surface area contributed by atoms with Gasteiger partial charge in [-0.15, -0.1) is 0 Å². The molecule has 2 aliphatic heterocycles. The zero-order chi connectivity index (χ0) is 24.6. The van der Waals surface area contributed by atoms with Crippen molar-refractivity contribution in [1.82, 2.24) is 13.8 Å². The van der Waals surface area contributed by atoms with Gasteiger partial charge in [-0.3, -0.25) is 4.79 Å². The first-order chi connectivity index (χ1) is 16.2. The van der Waals surface area contributed by atoms with E-state index in [9.17, 15) is 18.0 Å². The van der Waals surface area contributed by atoms with E-state index in [0.717, 1.165) is 12.0 Å². The third-order valence-corrected chi connectivity index (χ3v) is 9.20. The lowest BCUT2D eigenvalue weighted by molar-refractivity contribution is -0.137. The lowest BCUT2D eigenvalue weighted by Crippen LogP contribution is -2.48. The molecule has 0 N–H and O–H groups in total. The van der Waals surface area contributed by atoms with Gasteiger partial charge in [0.1, 0.15) is 10.5 Å². The van der Waals surface area contributed by atoms with Crippen molar-refractivity contribution in [1.29, 1.82) is 0 Å². The molecule has 2 aliphatic rings. The number of esters is 1. The van der Waals surface area contributed by atoms with Gasteiger partial charge in [-0.2, -0.15) is 4.31 Å². The Morgan fingerprint density at radius 3 is 2.50 bits per heavy atom. The summed E-state index contributed by atoms with van der Waals surface area (Å²) < 4.78 is 35.8. The molecule has 1 amide bonds. The number of piperidine rings is 1. The van der Waals surface area contributed by atoms with Crippen molar-refractivity contribution in [2.75, 3.05) is 26.2 Å². The molecule has 1 fully saturated rings. The first-order valence-corrected chi connectivity index (χ1v) is 13.3. The predicted octanol–water partition coefficient (Wildman–Crippen LogP) is 2.80. The van der Waals surface area contributed by atoms with E-state index < -0.39 is 21.9 Å². The molecule has 34 heavy (non-hydrogen) atoms. The maximum Gasteiger partial charge on any atom is 0.341 e. The van der Waals surface area contributed by atoms with Gasteiger partial charge in [0, 0.05) is 44.6 Å². The molecule has 1 aromatic carbocycles. The summed E-state index contributed by atoms with van der Waals surface area (Å²) in [5.74, 6) is -1.04. The van der Waals surface area contributed by atoms with E-state index in [0.29, 0.717) is 43.9 Å². The van der Waals surface area contributed by atoms with Crippen LogP contribution in [0.1, 0.15) is 52.6 Å². The number of hydrogen-bond donors (Lipinski definition) is 0. The van der Waals surface area contributed by atoms with E-state index in [1.807, 2.05) is 23.1 Å². The summed E-state index contributed by atoms with van der Waals surface area (Å²) in [6.45, 7) is 6.91. The number of carbonyl (C=O) groups is 2. The first-order valence-electron chi connectivity index (χ1n) is 11.9. The van der Waals surface area contributed by atoms with Crippen molar-refractivity contribution in [3.8, 4) is 0 Å². The highest BCUT2D eigenvalue weighted by atomic mass is 32.2. The molecule has 0 aliphatic carbocycles. The molecule has 4 rings (SSSR count). The topological polar surface area (TPSA) is 88.9 Å². The Balaban J connectivity index is 1.58. The van der Waals surface area contributed by atoms with Gasteiger partial charge < -0.3 is 14.2 Å². The lowest BCUT2D eigenvalue weighted by Gasteiger charge is -2.36. The fourth-order valence-electron chi connectivity index (χ4n) is 5.11. The Morgan fingerprint density at radius 1 is 1.09 bits per heavy atom. The average Bonchev–Trinajstić information content (AvgIpc) is 3.08. The predicted molar refractivity (Wildman–Crippen MR) is 128 cm³/mol. The number of ether oxygens (including phenoxy) is 1. The Hall–Kier alpha value is -2.65. The van der Waals surface area contributed by atoms with Crippen molar-refractivity contribution in [3.05, 3.63) is 52.3 Å². The SMILES string of the molecule is CCOC(=O)c1c(S(=O)(=O)N2CCC[C@H](C(=O)N3CCc4ccccc4C3)C2)c(C)n(C)c1C. The summed E-state index contributed by atoms with van der Waals surface area (Å²) in [4.78, 5) is 27.9. The molecule has 0 bridgehead atoms. The number of aromatic nitrogens is 1. The molecule has 8 nitrogen and oxygen atoms in total. The number of nitrogens with zero attached hydrogens (tertiary/aromatic N) is 3. The molecular formula is C25H33N3O5S. The molecule has 0 radical (unpaired) electrons. The summed E-state index contributed by atoms with van der Waals surface area (Å²) in [5, 5.41) is 0. The number of amides is 1. The largest absolute Gasteiger partial charge is 0.462 e. The molecule has 1 saturated heterocycles. The first kappa shape index (κ1) is 24.5. The Bertz CT molecular complexity index is 1220. The maximum atomic E-state index is 13.8. The maximum absolute atomic E-state index is 13.8. The highest BCUT2D eigenvalue weighted by Crippen LogP contribution is 2.33. The quantitative estimate of drug-likeness (QED) is 0.605. The minimum atomic E-state index is -3.99. The molecule has 9 heteroatoms. The molecule has 1 aromatic heterocycles. The average molecular weight is 488 g/mol. The third kappa shape index (κ3) is 4.27. The number of rotatable bonds is 5. The van der Waals surface area contributed by atoms with Crippen LogP contribution < -0.4 is 0 Å². The van der Waals surface area contributed by atoms with Gasteiger partial charge >= 0.3 is 5.97 Å². The van der Waals surface area contributed by atoms with Gasteiger partial charge in [0.05, 0.1) is 12.5 Å². The van der Waals surface area contributed by atoms with Crippen LogP contribution in [0.2, 0.25) is 0 Å². The van der Waals surface area contributed by atoms with Crippen molar-refractivity contribution in [2.24, 2.45) is 13.0 Å². The van der Waals surface area contributed by atoms with Gasteiger partial charge in [0.2, 0.25) is 15.9 Å². The minimum absolute atomic E-state index is 0.000911. The van der Waals surface area contributed by atoms with Crippen molar-refractivity contribution < 1.29 is 22.7 Å². The molecule has 0 saturated carbocycles. The van der Waals surface area contributed by atoms with Gasteiger partial charge in [0.25, 0.3) is 0 Å². The van der Waals surface area contributed by atoms with Gasteiger partial charge in [-0.1, -0.05) is 24.3 Å². The van der Waals surface area contributed by atoms with Gasteiger partial charge in [0.15, 0.2) is 0 Å². The second kappa shape index (κ2) is 9.54. The summed E-state index contributed by atoms with van der Waals surface area (Å²) in [5.41, 5.74) is 3.54. The molecule has 184 valence electrons. The number of benzene rings is 1. The summed E-state index contributed by atoms with van der Waals surface area (Å²) >= 11 is 0. The number of hydrogen-bond acceptors (Lipinski definition) is 5. The van der Waals surface area contributed by atoms with Crippen LogP contribution in [-0.4, -0.2) is 60.3 Å². The van der Waals surface area contributed by atoms with E-state index in [4.69, 9.17) is 4.74 Å². The second-order valence-electron chi connectivity index (χ2n) is 9.14. The molecule has 3 heterocycles.